The summed E-state index contributed by atoms with van der Waals surface area (Å²) < 4.78 is 0. The van der Waals surface area contributed by atoms with E-state index in [2.05, 4.69) is 53.6 Å². The number of pyridine rings is 1. The fourth-order valence-electron chi connectivity index (χ4n) is 2.07. The van der Waals surface area contributed by atoms with Gasteiger partial charge in [0.25, 0.3) is 0 Å². The van der Waals surface area contributed by atoms with E-state index < -0.39 is 0 Å². The summed E-state index contributed by atoms with van der Waals surface area (Å²) in [5.74, 6) is 0.199. The molecule has 0 radical (unpaired) electrons. The Morgan fingerprint density at radius 1 is 1.05 bits per heavy atom. The van der Waals surface area contributed by atoms with Crippen molar-refractivity contribution in [3.05, 3.63) is 59.4 Å². The number of nitrogens with zero attached hydrogens (tertiary/aromatic N) is 2. The molecule has 20 heavy (non-hydrogen) atoms. The van der Waals surface area contributed by atoms with Gasteiger partial charge in [0.1, 0.15) is 5.75 Å². The minimum Gasteiger partial charge on any atom is -0.506 e. The van der Waals surface area contributed by atoms with E-state index in [0.29, 0.717) is 6.54 Å². The van der Waals surface area contributed by atoms with Crippen LogP contribution in [0.5, 0.6) is 5.75 Å². The van der Waals surface area contributed by atoms with Crippen LogP contribution in [0.2, 0.25) is 0 Å². The van der Waals surface area contributed by atoms with Gasteiger partial charge >= 0.3 is 0 Å². The van der Waals surface area contributed by atoms with Crippen LogP contribution in [0.25, 0.3) is 0 Å². The van der Waals surface area contributed by atoms with Gasteiger partial charge in [0.2, 0.25) is 0 Å². The van der Waals surface area contributed by atoms with Gasteiger partial charge in [-0.05, 0) is 37.4 Å². The average molecular weight is 271 g/mol. The fourth-order valence-corrected chi connectivity index (χ4v) is 2.07. The lowest BCUT2D eigenvalue weighted by atomic mass is 10.1. The summed E-state index contributed by atoms with van der Waals surface area (Å²) in [6.45, 7) is 2.44. The molecule has 0 unspecified atom stereocenters. The number of rotatable bonds is 6. The van der Waals surface area contributed by atoms with Crippen molar-refractivity contribution in [3.8, 4) is 5.75 Å². The fraction of sp³-hybridized carbons (Fsp3) is 0.312. The number of aromatic hydroxyl groups is 1. The summed E-state index contributed by atoms with van der Waals surface area (Å²) in [4.78, 5) is 6.33. The molecule has 2 aromatic rings. The van der Waals surface area contributed by atoms with Gasteiger partial charge in [-0.1, -0.05) is 24.3 Å². The SMILES string of the molecule is CN(C)Cc1ccccc1CNCc1ccc(O)cn1. The van der Waals surface area contributed by atoms with Crippen LogP contribution in [0.1, 0.15) is 16.8 Å². The van der Waals surface area contributed by atoms with Gasteiger partial charge in [-0.25, -0.2) is 0 Å². The molecular weight excluding hydrogens is 250 g/mol. The third kappa shape index (κ3) is 4.33. The predicted octanol–water partition coefficient (Wildman–Crippen LogP) is 2.14. The maximum atomic E-state index is 9.19. The summed E-state index contributed by atoms with van der Waals surface area (Å²) in [5, 5.41) is 12.6. The molecule has 0 atom stereocenters. The van der Waals surface area contributed by atoms with Crippen molar-refractivity contribution in [2.45, 2.75) is 19.6 Å². The van der Waals surface area contributed by atoms with Crippen molar-refractivity contribution in [2.24, 2.45) is 0 Å². The van der Waals surface area contributed by atoms with Crippen LogP contribution >= 0.6 is 0 Å². The number of aromatic nitrogens is 1. The van der Waals surface area contributed by atoms with Crippen molar-refractivity contribution in [1.82, 2.24) is 15.2 Å². The zero-order valence-corrected chi connectivity index (χ0v) is 12.0. The zero-order chi connectivity index (χ0) is 14.4. The van der Waals surface area contributed by atoms with E-state index in [9.17, 15) is 5.11 Å². The van der Waals surface area contributed by atoms with Crippen molar-refractivity contribution in [2.75, 3.05) is 14.1 Å². The standard InChI is InChI=1S/C16H21N3O/c1-19(2)12-14-6-4-3-5-13(14)9-17-10-15-7-8-16(20)11-18-15/h3-8,11,17,20H,9-10,12H2,1-2H3. The first-order chi connectivity index (χ1) is 9.65. The number of nitrogens with one attached hydrogen (secondary N) is 1. The molecule has 2 rings (SSSR count). The smallest absolute Gasteiger partial charge is 0.133 e. The Hall–Kier alpha value is -1.91. The number of hydrogen-bond donors (Lipinski definition) is 2. The molecule has 0 saturated carbocycles. The second-order valence-electron chi connectivity index (χ2n) is 5.12. The van der Waals surface area contributed by atoms with E-state index in [-0.39, 0.29) is 5.75 Å². The average Bonchev–Trinajstić information content (AvgIpc) is 2.42. The first-order valence-electron chi connectivity index (χ1n) is 6.71. The first kappa shape index (κ1) is 14.5. The largest absolute Gasteiger partial charge is 0.506 e. The Balaban J connectivity index is 1.92. The van der Waals surface area contributed by atoms with Gasteiger partial charge in [-0.3, -0.25) is 4.98 Å². The normalized spacial score (nSPS) is 10.9. The van der Waals surface area contributed by atoms with Gasteiger partial charge in [-0.15, -0.1) is 0 Å². The molecule has 2 N–H and O–H groups in total. The van der Waals surface area contributed by atoms with E-state index in [1.807, 2.05) is 6.07 Å². The summed E-state index contributed by atoms with van der Waals surface area (Å²) in [6.07, 6.45) is 1.47. The summed E-state index contributed by atoms with van der Waals surface area (Å²) in [5.41, 5.74) is 3.57. The summed E-state index contributed by atoms with van der Waals surface area (Å²) >= 11 is 0. The summed E-state index contributed by atoms with van der Waals surface area (Å²) in [7, 11) is 4.15. The lowest BCUT2D eigenvalue weighted by Gasteiger charge is -2.14. The quantitative estimate of drug-likeness (QED) is 0.845. The second-order valence-corrected chi connectivity index (χ2v) is 5.12. The van der Waals surface area contributed by atoms with E-state index >= 15 is 0 Å². The maximum Gasteiger partial charge on any atom is 0.133 e. The van der Waals surface area contributed by atoms with Crippen LogP contribution < -0.4 is 5.32 Å². The van der Waals surface area contributed by atoms with Crippen molar-refractivity contribution >= 4 is 0 Å². The molecule has 0 aliphatic rings. The molecule has 0 aliphatic carbocycles. The van der Waals surface area contributed by atoms with E-state index in [4.69, 9.17) is 0 Å². The minimum absolute atomic E-state index is 0.199. The lowest BCUT2D eigenvalue weighted by molar-refractivity contribution is 0.400. The molecule has 0 bridgehead atoms. The highest BCUT2D eigenvalue weighted by Crippen LogP contribution is 2.11. The molecule has 0 saturated heterocycles. The van der Waals surface area contributed by atoms with Crippen molar-refractivity contribution in [3.63, 3.8) is 0 Å². The highest BCUT2D eigenvalue weighted by Gasteiger charge is 2.03. The van der Waals surface area contributed by atoms with E-state index in [0.717, 1.165) is 18.8 Å². The molecule has 4 heteroatoms. The van der Waals surface area contributed by atoms with E-state index in [1.54, 1.807) is 6.07 Å². The molecule has 1 heterocycles. The molecule has 0 fully saturated rings. The van der Waals surface area contributed by atoms with Crippen molar-refractivity contribution < 1.29 is 5.11 Å². The molecule has 106 valence electrons. The van der Waals surface area contributed by atoms with Crippen LogP contribution in [0, 0.1) is 0 Å². The van der Waals surface area contributed by atoms with E-state index in [1.165, 1.54) is 17.3 Å². The van der Waals surface area contributed by atoms with Crippen LogP contribution in [-0.2, 0) is 19.6 Å². The minimum atomic E-state index is 0.199. The number of hydrogen-bond acceptors (Lipinski definition) is 4. The Kier molecular flexibility index (Phi) is 5.09. The topological polar surface area (TPSA) is 48.4 Å². The zero-order valence-electron chi connectivity index (χ0n) is 12.0. The molecule has 0 amide bonds. The Morgan fingerprint density at radius 3 is 2.45 bits per heavy atom. The second kappa shape index (κ2) is 7.03. The number of benzene rings is 1. The van der Waals surface area contributed by atoms with Gasteiger partial charge in [0.15, 0.2) is 0 Å². The lowest BCUT2D eigenvalue weighted by Crippen LogP contribution is -2.17. The highest BCUT2D eigenvalue weighted by molar-refractivity contribution is 5.27. The van der Waals surface area contributed by atoms with Crippen LogP contribution in [0.15, 0.2) is 42.6 Å². The van der Waals surface area contributed by atoms with Crippen LogP contribution in [0.3, 0.4) is 0 Å². The monoisotopic (exact) mass is 271 g/mol. The van der Waals surface area contributed by atoms with Crippen LogP contribution in [-0.4, -0.2) is 29.1 Å². The highest BCUT2D eigenvalue weighted by atomic mass is 16.3. The maximum absolute atomic E-state index is 9.19. The molecule has 1 aromatic carbocycles. The predicted molar refractivity (Wildman–Crippen MR) is 80.3 cm³/mol. The summed E-state index contributed by atoms with van der Waals surface area (Å²) in [6, 6.07) is 11.9. The Labute approximate surface area is 120 Å². The van der Waals surface area contributed by atoms with Crippen molar-refractivity contribution in [1.29, 1.82) is 0 Å². The first-order valence-corrected chi connectivity index (χ1v) is 6.71. The van der Waals surface area contributed by atoms with Gasteiger partial charge in [0.05, 0.1) is 11.9 Å². The van der Waals surface area contributed by atoms with Gasteiger partial charge < -0.3 is 15.3 Å². The van der Waals surface area contributed by atoms with Crippen LogP contribution in [0.4, 0.5) is 0 Å². The molecule has 4 nitrogen and oxygen atoms in total. The Bertz CT molecular complexity index is 538. The third-order valence-corrected chi connectivity index (χ3v) is 3.04. The molecule has 0 spiro atoms. The Morgan fingerprint density at radius 2 is 1.80 bits per heavy atom. The molecule has 1 aromatic heterocycles. The third-order valence-electron chi connectivity index (χ3n) is 3.04. The molecular formula is C16H21N3O. The molecule has 0 aliphatic heterocycles. The van der Waals surface area contributed by atoms with Gasteiger partial charge in [0, 0.05) is 19.6 Å². The van der Waals surface area contributed by atoms with Gasteiger partial charge in [-0.2, -0.15) is 0 Å².